The molecule has 22 heavy (non-hydrogen) atoms. The fraction of sp³-hybridized carbons (Fsp3) is 0.278. The zero-order valence-corrected chi connectivity index (χ0v) is 13.0. The molecule has 0 spiro atoms. The molecule has 1 amide bonds. The van der Waals surface area contributed by atoms with Gasteiger partial charge in [-0.25, -0.2) is 0 Å². The molecule has 1 atom stereocenters. The monoisotopic (exact) mass is 315 g/mol. The molecule has 0 saturated carbocycles. The molecule has 0 aromatic heterocycles. The molecule has 0 fully saturated rings. The van der Waals surface area contributed by atoms with Gasteiger partial charge in [-0.15, -0.1) is 11.6 Å². The number of fused-ring (bicyclic) bond motifs is 1. The number of hydrogen-bond donors (Lipinski definition) is 0. The van der Waals surface area contributed by atoms with Gasteiger partial charge in [-0.05, 0) is 24.1 Å². The molecule has 0 aliphatic carbocycles. The fourth-order valence-electron chi connectivity index (χ4n) is 2.67. The molecule has 0 saturated heterocycles. The Hall–Kier alpha value is -2.00. The van der Waals surface area contributed by atoms with E-state index in [-0.39, 0.29) is 12.0 Å². The first-order chi connectivity index (χ1) is 10.8. The van der Waals surface area contributed by atoms with Crippen molar-refractivity contribution in [2.45, 2.75) is 19.1 Å². The van der Waals surface area contributed by atoms with E-state index in [9.17, 15) is 4.79 Å². The largest absolute Gasteiger partial charge is 0.488 e. The van der Waals surface area contributed by atoms with E-state index in [0.29, 0.717) is 36.7 Å². The Morgan fingerprint density at radius 1 is 1.09 bits per heavy atom. The third-order valence-electron chi connectivity index (χ3n) is 3.77. The van der Waals surface area contributed by atoms with Crippen LogP contribution < -0.4 is 4.74 Å². The molecule has 0 bridgehead atoms. The highest BCUT2D eigenvalue weighted by atomic mass is 35.5. The number of rotatable bonds is 4. The zero-order chi connectivity index (χ0) is 15.4. The second kappa shape index (κ2) is 6.84. The molecule has 2 aromatic rings. The van der Waals surface area contributed by atoms with E-state index in [1.807, 2.05) is 59.5 Å². The van der Waals surface area contributed by atoms with E-state index < -0.39 is 0 Å². The Morgan fingerprint density at radius 3 is 2.59 bits per heavy atom. The molecule has 0 N–H and O–H groups in total. The van der Waals surface area contributed by atoms with Crippen LogP contribution in [0.2, 0.25) is 0 Å². The maximum atomic E-state index is 12.8. The second-order valence-electron chi connectivity index (χ2n) is 5.38. The van der Waals surface area contributed by atoms with E-state index in [1.54, 1.807) is 0 Å². The van der Waals surface area contributed by atoms with Crippen molar-refractivity contribution in [1.29, 1.82) is 0 Å². The molecule has 1 aliphatic rings. The zero-order valence-electron chi connectivity index (χ0n) is 12.2. The van der Waals surface area contributed by atoms with E-state index >= 15 is 0 Å². The normalized spacial score (nSPS) is 17.6. The molecule has 114 valence electrons. The third-order valence-corrected chi connectivity index (χ3v) is 3.99. The Kier molecular flexibility index (Phi) is 4.64. The quantitative estimate of drug-likeness (QED) is 0.805. The molecule has 1 heterocycles. The lowest BCUT2D eigenvalue weighted by Crippen LogP contribution is -2.36. The number of halogens is 1. The number of carbonyl (C=O) groups is 1. The highest BCUT2D eigenvalue weighted by Gasteiger charge is 2.28. The van der Waals surface area contributed by atoms with E-state index in [1.165, 1.54) is 0 Å². The summed E-state index contributed by atoms with van der Waals surface area (Å²) in [7, 11) is 0. The number of alkyl halides is 1. The van der Waals surface area contributed by atoms with Crippen LogP contribution in [0, 0.1) is 0 Å². The van der Waals surface area contributed by atoms with E-state index in [2.05, 4.69) is 0 Å². The molecular formula is C18H18ClNO2. The van der Waals surface area contributed by atoms with Crippen molar-refractivity contribution >= 4 is 17.5 Å². The minimum Gasteiger partial charge on any atom is -0.488 e. The Bertz CT molecular complexity index is 645. The van der Waals surface area contributed by atoms with Gasteiger partial charge in [0.25, 0.3) is 5.91 Å². The summed E-state index contributed by atoms with van der Waals surface area (Å²) in [6.07, 6.45) is 0.642. The van der Waals surface area contributed by atoms with Gasteiger partial charge in [-0.1, -0.05) is 42.5 Å². The van der Waals surface area contributed by atoms with Gasteiger partial charge in [0.2, 0.25) is 0 Å². The van der Waals surface area contributed by atoms with Crippen molar-refractivity contribution in [3.05, 3.63) is 65.7 Å². The molecule has 2 aromatic carbocycles. The van der Waals surface area contributed by atoms with Gasteiger partial charge in [-0.2, -0.15) is 0 Å². The summed E-state index contributed by atoms with van der Waals surface area (Å²) in [5.41, 5.74) is 1.73. The van der Waals surface area contributed by atoms with Crippen molar-refractivity contribution in [3.8, 4) is 5.75 Å². The maximum absolute atomic E-state index is 12.8. The van der Waals surface area contributed by atoms with Crippen molar-refractivity contribution in [1.82, 2.24) is 4.90 Å². The first-order valence-corrected chi connectivity index (χ1v) is 7.96. The molecule has 1 unspecified atom stereocenters. The van der Waals surface area contributed by atoms with Crippen LogP contribution in [0.25, 0.3) is 0 Å². The smallest absolute Gasteiger partial charge is 0.258 e. The van der Waals surface area contributed by atoms with Crippen LogP contribution in [0.1, 0.15) is 22.3 Å². The minimum atomic E-state index is -0.0752. The van der Waals surface area contributed by atoms with Gasteiger partial charge in [0.1, 0.15) is 11.9 Å². The highest BCUT2D eigenvalue weighted by Crippen LogP contribution is 2.26. The maximum Gasteiger partial charge on any atom is 0.258 e. The Balaban J connectivity index is 1.90. The summed E-state index contributed by atoms with van der Waals surface area (Å²) in [5.74, 6) is 1.18. The van der Waals surface area contributed by atoms with Crippen molar-refractivity contribution in [2.75, 3.05) is 12.4 Å². The second-order valence-corrected chi connectivity index (χ2v) is 5.76. The van der Waals surface area contributed by atoms with Gasteiger partial charge < -0.3 is 9.64 Å². The van der Waals surface area contributed by atoms with Crippen LogP contribution in [0.5, 0.6) is 5.75 Å². The van der Waals surface area contributed by atoms with Crippen LogP contribution in [-0.4, -0.2) is 29.3 Å². The first-order valence-electron chi connectivity index (χ1n) is 7.43. The number of carbonyl (C=O) groups excluding carboxylic acids is 1. The number of benzene rings is 2. The summed E-state index contributed by atoms with van der Waals surface area (Å²) in [4.78, 5) is 14.6. The van der Waals surface area contributed by atoms with Gasteiger partial charge in [0.05, 0.1) is 12.1 Å². The van der Waals surface area contributed by atoms with Gasteiger partial charge in [-0.3, -0.25) is 4.79 Å². The van der Waals surface area contributed by atoms with Gasteiger partial charge >= 0.3 is 0 Å². The van der Waals surface area contributed by atoms with Crippen LogP contribution in [-0.2, 0) is 6.54 Å². The predicted molar refractivity (Wildman–Crippen MR) is 87.4 cm³/mol. The average Bonchev–Trinajstić information content (AvgIpc) is 2.67. The summed E-state index contributed by atoms with van der Waals surface area (Å²) >= 11 is 5.88. The topological polar surface area (TPSA) is 29.5 Å². The lowest BCUT2D eigenvalue weighted by molar-refractivity contribution is 0.0693. The predicted octanol–water partition coefficient (Wildman–Crippen LogP) is 3.72. The third kappa shape index (κ3) is 3.25. The summed E-state index contributed by atoms with van der Waals surface area (Å²) in [6.45, 7) is 1.13. The standard InChI is InChI=1S/C18H18ClNO2/c19-11-10-15-13-20(12-14-6-2-1-3-7-14)18(21)16-8-4-5-9-17(16)22-15/h1-9,15H,10-13H2. The molecule has 4 heteroatoms. The number of nitrogens with zero attached hydrogens (tertiary/aromatic N) is 1. The van der Waals surface area contributed by atoms with E-state index in [0.717, 1.165) is 5.56 Å². The summed E-state index contributed by atoms with van der Waals surface area (Å²) < 4.78 is 5.99. The van der Waals surface area contributed by atoms with Crippen molar-refractivity contribution in [2.24, 2.45) is 0 Å². The number of para-hydroxylation sites is 1. The summed E-state index contributed by atoms with van der Waals surface area (Å²) in [6, 6.07) is 17.4. The van der Waals surface area contributed by atoms with Gasteiger partial charge in [0.15, 0.2) is 0 Å². The lowest BCUT2D eigenvalue weighted by atomic mass is 10.1. The molecule has 3 rings (SSSR count). The lowest BCUT2D eigenvalue weighted by Gasteiger charge is -2.24. The molecular weight excluding hydrogens is 298 g/mol. The Morgan fingerprint density at radius 2 is 1.82 bits per heavy atom. The van der Waals surface area contributed by atoms with Crippen LogP contribution in [0.3, 0.4) is 0 Å². The molecule has 0 radical (unpaired) electrons. The number of hydrogen-bond acceptors (Lipinski definition) is 2. The van der Waals surface area contributed by atoms with Crippen molar-refractivity contribution in [3.63, 3.8) is 0 Å². The Labute approximate surface area is 135 Å². The van der Waals surface area contributed by atoms with Crippen LogP contribution in [0.15, 0.2) is 54.6 Å². The average molecular weight is 316 g/mol. The van der Waals surface area contributed by atoms with E-state index in [4.69, 9.17) is 16.3 Å². The first kappa shape index (κ1) is 14.9. The number of ether oxygens (including phenoxy) is 1. The minimum absolute atomic E-state index is 0.0107. The molecule has 3 nitrogen and oxygen atoms in total. The molecule has 1 aliphatic heterocycles. The van der Waals surface area contributed by atoms with Crippen LogP contribution >= 0.6 is 11.6 Å². The SMILES string of the molecule is O=C1c2ccccc2OC(CCCl)CN1Cc1ccccc1. The van der Waals surface area contributed by atoms with Crippen molar-refractivity contribution < 1.29 is 9.53 Å². The van der Waals surface area contributed by atoms with Crippen LogP contribution in [0.4, 0.5) is 0 Å². The highest BCUT2D eigenvalue weighted by molar-refractivity contribution is 6.17. The fourth-order valence-corrected chi connectivity index (χ4v) is 2.92. The summed E-state index contributed by atoms with van der Waals surface area (Å²) in [5, 5.41) is 0. The number of amides is 1. The van der Waals surface area contributed by atoms with Gasteiger partial charge in [0, 0.05) is 12.4 Å².